The van der Waals surface area contributed by atoms with Crippen LogP contribution in [0, 0.1) is 0 Å². The topological polar surface area (TPSA) is 32.8 Å². The molecule has 0 radical (unpaired) electrons. The van der Waals surface area contributed by atoms with E-state index in [4.69, 9.17) is 4.74 Å². The van der Waals surface area contributed by atoms with Gasteiger partial charge in [0.05, 0.1) is 6.61 Å². The van der Waals surface area contributed by atoms with Gasteiger partial charge in [0.1, 0.15) is 11.2 Å². The molecule has 0 bridgehead atoms. The monoisotopic (exact) mass is 204 g/mol. The highest BCUT2D eigenvalue weighted by molar-refractivity contribution is 5.31. The lowest BCUT2D eigenvalue weighted by Gasteiger charge is -2.30. The first-order valence-electron chi connectivity index (χ1n) is 5.69. The summed E-state index contributed by atoms with van der Waals surface area (Å²) in [5.41, 5.74) is 0.133. The van der Waals surface area contributed by atoms with Crippen LogP contribution in [0.3, 0.4) is 0 Å². The zero-order chi connectivity index (χ0) is 10.4. The molecule has 1 aromatic carbocycles. The number of hydrogen-bond donors (Lipinski definition) is 1. The summed E-state index contributed by atoms with van der Waals surface area (Å²) in [7, 11) is 0. The van der Waals surface area contributed by atoms with E-state index >= 15 is 0 Å². The smallest absolute Gasteiger partial charge is 0.145 e. The fraction of sp³-hybridized carbons (Fsp3) is 0.538. The Bertz CT molecular complexity index is 348. The molecule has 1 N–H and O–H groups in total. The van der Waals surface area contributed by atoms with E-state index in [-0.39, 0.29) is 5.60 Å². The Morgan fingerprint density at radius 2 is 1.67 bits per heavy atom. The fourth-order valence-electron chi connectivity index (χ4n) is 2.85. The highest BCUT2D eigenvalue weighted by atomic mass is 16.6. The average Bonchev–Trinajstić information content (AvgIpc) is 2.99. The normalized spacial score (nSPS) is 32.9. The molecule has 1 saturated heterocycles. The van der Waals surface area contributed by atoms with Crippen LogP contribution in [0.2, 0.25) is 0 Å². The van der Waals surface area contributed by atoms with Gasteiger partial charge >= 0.3 is 0 Å². The molecule has 15 heavy (non-hydrogen) atoms. The van der Waals surface area contributed by atoms with Crippen molar-refractivity contribution in [1.29, 1.82) is 0 Å². The SMILES string of the molecule is OC1([C@]2(c3ccccc3)CO2)CCCC1. The highest BCUT2D eigenvalue weighted by Crippen LogP contribution is 2.54. The van der Waals surface area contributed by atoms with Crippen LogP contribution in [0.25, 0.3) is 0 Å². The van der Waals surface area contributed by atoms with Crippen LogP contribution in [-0.4, -0.2) is 17.3 Å². The van der Waals surface area contributed by atoms with Crippen LogP contribution >= 0.6 is 0 Å². The van der Waals surface area contributed by atoms with Crippen molar-refractivity contribution in [2.75, 3.05) is 6.61 Å². The summed E-state index contributed by atoms with van der Waals surface area (Å²) in [6, 6.07) is 10.1. The van der Waals surface area contributed by atoms with Crippen molar-refractivity contribution in [1.82, 2.24) is 0 Å². The molecule has 2 aliphatic rings. The maximum Gasteiger partial charge on any atom is 0.145 e. The second kappa shape index (κ2) is 3.06. The first kappa shape index (κ1) is 9.37. The second-order valence-corrected chi connectivity index (χ2v) is 4.72. The van der Waals surface area contributed by atoms with E-state index in [9.17, 15) is 5.11 Å². The lowest BCUT2D eigenvalue weighted by atomic mass is 9.81. The van der Waals surface area contributed by atoms with E-state index < -0.39 is 5.60 Å². The third-order valence-electron chi connectivity index (χ3n) is 3.86. The summed E-state index contributed by atoms with van der Waals surface area (Å²) in [6.07, 6.45) is 3.99. The molecule has 1 heterocycles. The largest absolute Gasteiger partial charge is 0.386 e. The fourth-order valence-corrected chi connectivity index (χ4v) is 2.85. The van der Waals surface area contributed by atoms with E-state index in [1.54, 1.807) is 0 Å². The number of epoxide rings is 1. The molecule has 80 valence electrons. The third-order valence-corrected chi connectivity index (χ3v) is 3.86. The van der Waals surface area contributed by atoms with Gasteiger partial charge in [-0.15, -0.1) is 0 Å². The molecule has 0 aromatic heterocycles. The Balaban J connectivity index is 1.97. The molecule has 0 spiro atoms. The van der Waals surface area contributed by atoms with Gasteiger partial charge in [-0.05, 0) is 18.4 Å². The van der Waals surface area contributed by atoms with Crippen molar-refractivity contribution < 1.29 is 9.84 Å². The zero-order valence-corrected chi connectivity index (χ0v) is 8.78. The van der Waals surface area contributed by atoms with Crippen LogP contribution in [0.5, 0.6) is 0 Å². The van der Waals surface area contributed by atoms with Crippen LogP contribution in [0.15, 0.2) is 30.3 Å². The maximum absolute atomic E-state index is 10.6. The average molecular weight is 204 g/mol. The minimum atomic E-state index is -0.617. The molecule has 0 unspecified atom stereocenters. The summed E-state index contributed by atoms with van der Waals surface area (Å²) in [6.45, 7) is 0.674. The first-order chi connectivity index (χ1) is 7.27. The first-order valence-corrected chi connectivity index (χ1v) is 5.69. The van der Waals surface area contributed by atoms with Gasteiger partial charge in [0.2, 0.25) is 0 Å². The molecule has 1 saturated carbocycles. The molecule has 2 heteroatoms. The van der Waals surface area contributed by atoms with Crippen molar-refractivity contribution in [3.05, 3.63) is 35.9 Å². The number of aliphatic hydroxyl groups is 1. The molecule has 1 atom stereocenters. The van der Waals surface area contributed by atoms with Crippen LogP contribution < -0.4 is 0 Å². The molecule has 0 amide bonds. The van der Waals surface area contributed by atoms with Crippen molar-refractivity contribution in [2.24, 2.45) is 0 Å². The van der Waals surface area contributed by atoms with Crippen molar-refractivity contribution in [3.8, 4) is 0 Å². The molecule has 1 aliphatic heterocycles. The van der Waals surface area contributed by atoms with Gasteiger partial charge in [-0.3, -0.25) is 0 Å². The molecular weight excluding hydrogens is 188 g/mol. The summed E-state index contributed by atoms with van der Waals surface area (Å²) in [5, 5.41) is 10.6. The van der Waals surface area contributed by atoms with Crippen molar-refractivity contribution >= 4 is 0 Å². The van der Waals surface area contributed by atoms with E-state index in [0.717, 1.165) is 31.2 Å². The Hall–Kier alpha value is -0.860. The van der Waals surface area contributed by atoms with Gasteiger partial charge in [-0.1, -0.05) is 43.2 Å². The summed E-state index contributed by atoms with van der Waals surface area (Å²) < 4.78 is 5.62. The van der Waals surface area contributed by atoms with Gasteiger partial charge in [0.25, 0.3) is 0 Å². The number of rotatable bonds is 2. The van der Waals surface area contributed by atoms with Gasteiger partial charge < -0.3 is 9.84 Å². The van der Waals surface area contributed by atoms with Crippen LogP contribution in [0.1, 0.15) is 31.2 Å². The second-order valence-electron chi connectivity index (χ2n) is 4.72. The standard InChI is InChI=1S/C13H16O2/c14-12(8-4-5-9-12)13(10-15-13)11-6-2-1-3-7-11/h1-3,6-7,14H,4-5,8-10H2/t13-/m1/s1. The maximum atomic E-state index is 10.6. The van der Waals surface area contributed by atoms with Crippen LogP contribution in [-0.2, 0) is 10.3 Å². The van der Waals surface area contributed by atoms with E-state index in [0.29, 0.717) is 6.61 Å². The number of hydrogen-bond acceptors (Lipinski definition) is 2. The van der Waals surface area contributed by atoms with Gasteiger partial charge in [0, 0.05) is 0 Å². The minimum Gasteiger partial charge on any atom is -0.386 e. The minimum absolute atomic E-state index is 0.384. The summed E-state index contributed by atoms with van der Waals surface area (Å²) in [5.74, 6) is 0. The number of benzene rings is 1. The van der Waals surface area contributed by atoms with E-state index in [2.05, 4.69) is 12.1 Å². The van der Waals surface area contributed by atoms with Crippen molar-refractivity contribution in [2.45, 2.75) is 36.9 Å². The molecule has 1 aromatic rings. The lowest BCUT2D eigenvalue weighted by molar-refractivity contribution is -0.0350. The molecule has 2 fully saturated rings. The molecule has 3 rings (SSSR count). The molecular formula is C13H16O2. The zero-order valence-electron chi connectivity index (χ0n) is 8.78. The predicted molar refractivity (Wildman–Crippen MR) is 57.5 cm³/mol. The summed E-state index contributed by atoms with van der Waals surface area (Å²) in [4.78, 5) is 0. The van der Waals surface area contributed by atoms with Crippen molar-refractivity contribution in [3.63, 3.8) is 0 Å². The quantitative estimate of drug-likeness (QED) is 0.749. The Morgan fingerprint density at radius 3 is 2.20 bits per heavy atom. The van der Waals surface area contributed by atoms with E-state index in [1.807, 2.05) is 18.2 Å². The Morgan fingerprint density at radius 1 is 1.07 bits per heavy atom. The lowest BCUT2D eigenvalue weighted by Crippen LogP contribution is -2.40. The highest BCUT2D eigenvalue weighted by Gasteiger charge is 2.62. The number of ether oxygens (including phenoxy) is 1. The van der Waals surface area contributed by atoms with Gasteiger partial charge in [-0.2, -0.15) is 0 Å². The predicted octanol–water partition coefficient (Wildman–Crippen LogP) is 2.22. The Kier molecular flexibility index (Phi) is 1.91. The Labute approximate surface area is 89.9 Å². The molecule has 2 nitrogen and oxygen atoms in total. The molecule has 1 aliphatic carbocycles. The van der Waals surface area contributed by atoms with Gasteiger partial charge in [0.15, 0.2) is 0 Å². The van der Waals surface area contributed by atoms with E-state index in [1.165, 1.54) is 0 Å². The third kappa shape index (κ3) is 1.25. The summed E-state index contributed by atoms with van der Waals surface area (Å²) >= 11 is 0. The van der Waals surface area contributed by atoms with Gasteiger partial charge in [-0.25, -0.2) is 0 Å². The van der Waals surface area contributed by atoms with Crippen LogP contribution in [0.4, 0.5) is 0 Å².